The van der Waals surface area contributed by atoms with Crippen molar-refractivity contribution in [2.75, 3.05) is 27.4 Å². The van der Waals surface area contributed by atoms with Gasteiger partial charge < -0.3 is 29.8 Å². The van der Waals surface area contributed by atoms with E-state index in [1.807, 2.05) is 0 Å². The second-order valence-corrected chi connectivity index (χ2v) is 9.91. The zero-order chi connectivity index (χ0) is 26.6. The number of methoxy groups -OCH3 is 2. The van der Waals surface area contributed by atoms with Crippen molar-refractivity contribution in [3.05, 3.63) is 36.0 Å². The first-order valence-corrected chi connectivity index (χ1v) is 12.9. The van der Waals surface area contributed by atoms with E-state index < -0.39 is 5.82 Å². The normalized spacial score (nSPS) is 19.2. The summed E-state index contributed by atoms with van der Waals surface area (Å²) in [6.45, 7) is 0.574. The molecule has 0 saturated heterocycles. The quantitative estimate of drug-likeness (QED) is 0.370. The lowest BCUT2D eigenvalue weighted by molar-refractivity contribution is -0.125. The fourth-order valence-corrected chi connectivity index (χ4v) is 4.85. The second kappa shape index (κ2) is 11.3. The van der Waals surface area contributed by atoms with Gasteiger partial charge in [-0.25, -0.2) is 14.4 Å². The molecule has 2 fully saturated rings. The number of aromatic nitrogens is 3. The Hall–Kier alpha value is -3.73. The molecule has 2 aliphatic rings. The van der Waals surface area contributed by atoms with Crippen molar-refractivity contribution in [1.29, 1.82) is 0 Å². The molecule has 5 rings (SSSR count). The fourth-order valence-electron chi connectivity index (χ4n) is 4.85. The summed E-state index contributed by atoms with van der Waals surface area (Å²) in [6.07, 6.45) is 8.23. The van der Waals surface area contributed by atoms with Crippen LogP contribution in [0.5, 0.6) is 11.5 Å². The van der Waals surface area contributed by atoms with E-state index in [2.05, 4.69) is 25.6 Å². The van der Waals surface area contributed by atoms with E-state index >= 15 is 0 Å². The van der Waals surface area contributed by atoms with Gasteiger partial charge in [-0.15, -0.1) is 0 Å². The van der Waals surface area contributed by atoms with Crippen molar-refractivity contribution in [3.8, 4) is 22.8 Å². The number of H-pyrrole nitrogens is 1. The molecule has 0 radical (unpaired) electrons. The van der Waals surface area contributed by atoms with Crippen LogP contribution in [0.25, 0.3) is 22.3 Å². The van der Waals surface area contributed by atoms with Crippen LogP contribution in [-0.4, -0.2) is 66.3 Å². The Morgan fingerprint density at radius 2 is 1.76 bits per heavy atom. The predicted molar refractivity (Wildman–Crippen MR) is 138 cm³/mol. The van der Waals surface area contributed by atoms with Gasteiger partial charge in [0.2, 0.25) is 5.91 Å². The maximum Gasteiger partial charge on any atom is 0.255 e. The van der Waals surface area contributed by atoms with Crippen LogP contribution < -0.4 is 20.1 Å². The number of halogens is 1. The molecule has 2 amide bonds. The summed E-state index contributed by atoms with van der Waals surface area (Å²) >= 11 is 0. The van der Waals surface area contributed by atoms with Gasteiger partial charge in [-0.1, -0.05) is 0 Å². The molecule has 0 aliphatic heterocycles. The summed E-state index contributed by atoms with van der Waals surface area (Å²) in [5.41, 5.74) is 2.24. The molecule has 2 aliphatic carbocycles. The molecule has 2 heterocycles. The number of benzene rings is 1. The van der Waals surface area contributed by atoms with Gasteiger partial charge in [0.05, 0.1) is 24.8 Å². The average molecular weight is 526 g/mol. The number of rotatable bonds is 10. The molecule has 202 valence electrons. The summed E-state index contributed by atoms with van der Waals surface area (Å²) in [7, 11) is 2.90. The van der Waals surface area contributed by atoms with Crippen molar-refractivity contribution in [2.45, 2.75) is 50.6 Å². The second-order valence-electron chi connectivity index (χ2n) is 9.91. The van der Waals surface area contributed by atoms with Gasteiger partial charge in [0, 0.05) is 37.0 Å². The molecule has 3 N–H and O–H groups in total. The third-order valence-electron chi connectivity index (χ3n) is 7.09. The summed E-state index contributed by atoms with van der Waals surface area (Å²) in [5, 5.41) is 6.05. The number of ether oxygens (including phenoxy) is 3. The topological polar surface area (TPSA) is 127 Å². The lowest BCUT2D eigenvalue weighted by atomic mass is 9.91. The standard InChI is InChI=1S/C27H32FN5O5/c1-36-13-23(34)32-16-5-7-17(8-6-16)33-27(35)19-11-29-26-24(30-14-31-25(19)26)18-9-20(28)22(37-2)10-21(18)38-12-15-3-4-15/h9-11,14-17,29H,3-8,12-13H2,1-2H3,(H,32,34)(H,33,35). The van der Waals surface area contributed by atoms with E-state index in [0.29, 0.717) is 46.1 Å². The van der Waals surface area contributed by atoms with Gasteiger partial charge in [-0.2, -0.15) is 0 Å². The Morgan fingerprint density at radius 1 is 1.03 bits per heavy atom. The molecule has 11 heteroatoms. The molecule has 0 bridgehead atoms. The highest BCUT2D eigenvalue weighted by atomic mass is 19.1. The van der Waals surface area contributed by atoms with Gasteiger partial charge in [0.1, 0.15) is 29.9 Å². The number of aromatic amines is 1. The first kappa shape index (κ1) is 25.9. The van der Waals surface area contributed by atoms with Gasteiger partial charge in [0.25, 0.3) is 5.91 Å². The van der Waals surface area contributed by atoms with Gasteiger partial charge in [0.15, 0.2) is 11.6 Å². The first-order chi connectivity index (χ1) is 18.5. The largest absolute Gasteiger partial charge is 0.494 e. The maximum atomic E-state index is 14.7. The van der Waals surface area contributed by atoms with Crippen molar-refractivity contribution in [2.24, 2.45) is 5.92 Å². The molecule has 0 unspecified atom stereocenters. The van der Waals surface area contributed by atoms with Crippen LogP contribution in [0, 0.1) is 11.7 Å². The van der Waals surface area contributed by atoms with E-state index in [1.54, 1.807) is 6.20 Å². The maximum absolute atomic E-state index is 14.7. The van der Waals surface area contributed by atoms with E-state index in [-0.39, 0.29) is 36.3 Å². The van der Waals surface area contributed by atoms with Crippen LogP contribution in [0.2, 0.25) is 0 Å². The smallest absolute Gasteiger partial charge is 0.255 e. The molecule has 0 atom stereocenters. The predicted octanol–water partition coefficient (Wildman–Crippen LogP) is 3.37. The minimum atomic E-state index is -0.536. The molecule has 38 heavy (non-hydrogen) atoms. The number of hydrogen-bond acceptors (Lipinski definition) is 7. The van der Waals surface area contributed by atoms with E-state index in [9.17, 15) is 14.0 Å². The minimum Gasteiger partial charge on any atom is -0.494 e. The number of carbonyl (C=O) groups is 2. The Kier molecular flexibility index (Phi) is 7.73. The highest BCUT2D eigenvalue weighted by molar-refractivity contribution is 6.08. The average Bonchev–Trinajstić information content (AvgIpc) is 3.64. The third kappa shape index (κ3) is 5.72. The molecule has 2 aromatic heterocycles. The Balaban J connectivity index is 1.33. The van der Waals surface area contributed by atoms with Crippen molar-refractivity contribution in [3.63, 3.8) is 0 Å². The number of fused-ring (bicyclic) bond motifs is 1. The molecule has 10 nitrogen and oxygen atoms in total. The molecule has 2 saturated carbocycles. The van der Waals surface area contributed by atoms with Crippen LogP contribution >= 0.6 is 0 Å². The lowest BCUT2D eigenvalue weighted by Crippen LogP contribution is -2.44. The first-order valence-electron chi connectivity index (χ1n) is 12.9. The van der Waals surface area contributed by atoms with Crippen molar-refractivity contribution < 1.29 is 28.2 Å². The van der Waals surface area contributed by atoms with Gasteiger partial charge in [-0.05, 0) is 50.5 Å². The summed E-state index contributed by atoms with van der Waals surface area (Å²) < 4.78 is 30.8. The molecule has 3 aromatic rings. The Morgan fingerprint density at radius 3 is 2.45 bits per heavy atom. The summed E-state index contributed by atoms with van der Waals surface area (Å²) in [6, 6.07) is 2.94. The van der Waals surface area contributed by atoms with Crippen LogP contribution in [0.3, 0.4) is 0 Å². The number of hydrogen-bond donors (Lipinski definition) is 3. The molecule has 0 spiro atoms. The Labute approximate surface area is 219 Å². The van der Waals surface area contributed by atoms with Crippen LogP contribution in [-0.2, 0) is 9.53 Å². The highest BCUT2D eigenvalue weighted by Gasteiger charge is 2.27. The zero-order valence-electron chi connectivity index (χ0n) is 21.5. The zero-order valence-corrected chi connectivity index (χ0v) is 21.5. The van der Waals surface area contributed by atoms with Gasteiger partial charge >= 0.3 is 0 Å². The van der Waals surface area contributed by atoms with Crippen molar-refractivity contribution in [1.82, 2.24) is 25.6 Å². The van der Waals surface area contributed by atoms with Crippen LogP contribution in [0.15, 0.2) is 24.7 Å². The number of nitrogens with zero attached hydrogens (tertiary/aromatic N) is 2. The minimum absolute atomic E-state index is 0.0116. The SMILES string of the molecule is COCC(=O)NC1CCC(NC(=O)c2c[nH]c3c(-c4cc(F)c(OC)cc4OCC4CC4)ncnc23)CC1. The van der Waals surface area contributed by atoms with E-state index in [1.165, 1.54) is 32.7 Å². The molecular formula is C27H32FN5O5. The van der Waals surface area contributed by atoms with E-state index in [4.69, 9.17) is 14.2 Å². The van der Waals surface area contributed by atoms with Crippen LogP contribution in [0.1, 0.15) is 48.9 Å². The van der Waals surface area contributed by atoms with Gasteiger partial charge in [-0.3, -0.25) is 9.59 Å². The highest BCUT2D eigenvalue weighted by Crippen LogP contribution is 2.39. The third-order valence-corrected chi connectivity index (χ3v) is 7.09. The molecular weight excluding hydrogens is 493 g/mol. The molecule has 1 aromatic carbocycles. The summed E-state index contributed by atoms with van der Waals surface area (Å²) in [4.78, 5) is 36.8. The van der Waals surface area contributed by atoms with Crippen LogP contribution in [0.4, 0.5) is 4.39 Å². The number of amides is 2. The number of carbonyl (C=O) groups excluding carboxylic acids is 2. The fraction of sp³-hybridized carbons (Fsp3) is 0.481. The van der Waals surface area contributed by atoms with Crippen molar-refractivity contribution >= 4 is 22.8 Å². The monoisotopic (exact) mass is 525 g/mol. The Bertz CT molecular complexity index is 1320. The number of nitrogens with one attached hydrogen (secondary N) is 3. The summed E-state index contributed by atoms with van der Waals surface area (Å²) in [5.74, 6) is 0.133. The van der Waals surface area contributed by atoms with E-state index in [0.717, 1.165) is 38.5 Å². The lowest BCUT2D eigenvalue weighted by Gasteiger charge is -2.29.